The third-order valence-corrected chi connectivity index (χ3v) is 3.81. The van der Waals surface area contributed by atoms with E-state index in [2.05, 4.69) is 5.32 Å². The predicted octanol–water partition coefficient (Wildman–Crippen LogP) is -1.86. The zero-order chi connectivity index (χ0) is 15.6. The molecule has 8 heteroatoms. The Balaban J connectivity index is 2.33. The number of aliphatic hydroxyl groups excluding tert-OH is 4. The van der Waals surface area contributed by atoms with E-state index < -0.39 is 30.6 Å². The average Bonchev–Trinajstić information content (AvgIpc) is 2.82. The predicted molar refractivity (Wildman–Crippen MR) is 79.6 cm³/mol. The van der Waals surface area contributed by atoms with Crippen molar-refractivity contribution < 1.29 is 25.5 Å². The van der Waals surface area contributed by atoms with Crippen LogP contribution in [0.4, 0.5) is 5.69 Å². The zero-order valence-corrected chi connectivity index (χ0v) is 11.9. The number of thiocarbonyl (C=S) groups is 1. The van der Waals surface area contributed by atoms with Crippen molar-refractivity contribution in [1.29, 1.82) is 0 Å². The fraction of sp³-hybridized carbons (Fsp3) is 0.462. The molecule has 0 amide bonds. The van der Waals surface area contributed by atoms with Crippen molar-refractivity contribution in [2.24, 2.45) is 0 Å². The second kappa shape index (κ2) is 6.22. The van der Waals surface area contributed by atoms with Gasteiger partial charge in [-0.05, 0) is 24.4 Å². The standard InChI is InChI=1S/C13H18N2O5S/c16-6-9(17)10(18)11(19)13(20)7-14-12(21)15(13)8-4-2-1-3-5-8/h1-5,9-11,16-20H,6-7H2,(H,14,21)/t9-,10-,11+,13?/m1/s1. The Labute approximate surface area is 127 Å². The van der Waals surface area contributed by atoms with Crippen LogP contribution in [0, 0.1) is 0 Å². The van der Waals surface area contributed by atoms with E-state index in [0.717, 1.165) is 0 Å². The molecule has 1 aliphatic rings. The van der Waals surface area contributed by atoms with E-state index in [1.54, 1.807) is 30.3 Å². The molecule has 1 aliphatic heterocycles. The summed E-state index contributed by atoms with van der Waals surface area (Å²) < 4.78 is 0. The molecule has 0 radical (unpaired) electrons. The van der Waals surface area contributed by atoms with Crippen molar-refractivity contribution in [1.82, 2.24) is 5.32 Å². The number of rotatable bonds is 5. The Morgan fingerprint density at radius 1 is 1.24 bits per heavy atom. The summed E-state index contributed by atoms with van der Waals surface area (Å²) in [5, 5.41) is 52.0. The van der Waals surface area contributed by atoms with Crippen molar-refractivity contribution in [3.8, 4) is 0 Å². The Hall–Kier alpha value is -1.29. The molecule has 116 valence electrons. The molecule has 21 heavy (non-hydrogen) atoms. The second-order valence-electron chi connectivity index (χ2n) is 4.89. The minimum atomic E-state index is -1.94. The lowest BCUT2D eigenvalue weighted by Crippen LogP contribution is -2.62. The lowest BCUT2D eigenvalue weighted by Gasteiger charge is -2.39. The summed E-state index contributed by atoms with van der Waals surface area (Å²) in [7, 11) is 0. The number of nitrogens with zero attached hydrogens (tertiary/aromatic N) is 1. The number of anilines is 1. The molecule has 0 aromatic heterocycles. The largest absolute Gasteiger partial charge is 0.394 e. The van der Waals surface area contributed by atoms with Gasteiger partial charge in [-0.2, -0.15) is 0 Å². The molecule has 2 rings (SSSR count). The number of hydrogen-bond acceptors (Lipinski definition) is 6. The van der Waals surface area contributed by atoms with Gasteiger partial charge in [0.15, 0.2) is 10.8 Å². The summed E-state index contributed by atoms with van der Waals surface area (Å²) in [5.74, 6) is 0. The minimum Gasteiger partial charge on any atom is -0.394 e. The van der Waals surface area contributed by atoms with Crippen molar-refractivity contribution in [2.75, 3.05) is 18.1 Å². The molecule has 0 bridgehead atoms. The van der Waals surface area contributed by atoms with E-state index in [1.807, 2.05) is 0 Å². The number of nitrogens with one attached hydrogen (secondary N) is 1. The van der Waals surface area contributed by atoms with Gasteiger partial charge in [0, 0.05) is 5.69 Å². The van der Waals surface area contributed by atoms with Gasteiger partial charge >= 0.3 is 0 Å². The van der Waals surface area contributed by atoms with Crippen LogP contribution in [-0.2, 0) is 0 Å². The SMILES string of the molecule is OC[C@@H](O)[C@@H](O)[C@H](O)C1(O)CNC(=S)N1c1ccccc1. The molecule has 1 fully saturated rings. The maximum absolute atomic E-state index is 10.7. The van der Waals surface area contributed by atoms with E-state index in [1.165, 1.54) is 4.90 Å². The van der Waals surface area contributed by atoms with Crippen LogP contribution in [0.3, 0.4) is 0 Å². The van der Waals surface area contributed by atoms with Gasteiger partial charge in [-0.25, -0.2) is 0 Å². The monoisotopic (exact) mass is 314 g/mol. The lowest BCUT2D eigenvalue weighted by molar-refractivity contribution is -0.148. The smallest absolute Gasteiger partial charge is 0.190 e. The summed E-state index contributed by atoms with van der Waals surface area (Å²) >= 11 is 5.12. The summed E-state index contributed by atoms with van der Waals surface area (Å²) in [6.45, 7) is -0.866. The van der Waals surface area contributed by atoms with E-state index in [9.17, 15) is 20.4 Å². The lowest BCUT2D eigenvalue weighted by atomic mass is 9.96. The van der Waals surface area contributed by atoms with E-state index in [4.69, 9.17) is 17.3 Å². The quantitative estimate of drug-likeness (QED) is 0.351. The maximum atomic E-state index is 10.7. The number of para-hydroxylation sites is 1. The molecule has 7 nitrogen and oxygen atoms in total. The Morgan fingerprint density at radius 2 is 1.86 bits per heavy atom. The topological polar surface area (TPSA) is 116 Å². The highest BCUT2D eigenvalue weighted by atomic mass is 32.1. The van der Waals surface area contributed by atoms with E-state index in [-0.39, 0.29) is 11.7 Å². The summed E-state index contributed by atoms with van der Waals surface area (Å²) in [6.07, 6.45) is -5.04. The molecule has 0 saturated carbocycles. The van der Waals surface area contributed by atoms with Crippen molar-refractivity contribution in [3.05, 3.63) is 30.3 Å². The summed E-state index contributed by atoms with van der Waals surface area (Å²) in [4.78, 5) is 1.28. The van der Waals surface area contributed by atoms with Crippen molar-refractivity contribution in [3.63, 3.8) is 0 Å². The molecular weight excluding hydrogens is 296 g/mol. The third-order valence-electron chi connectivity index (χ3n) is 3.48. The van der Waals surface area contributed by atoms with Gasteiger partial charge in [-0.3, -0.25) is 4.90 Å². The molecule has 1 heterocycles. The fourth-order valence-electron chi connectivity index (χ4n) is 2.29. The first-order valence-electron chi connectivity index (χ1n) is 6.42. The fourth-order valence-corrected chi connectivity index (χ4v) is 2.62. The molecular formula is C13H18N2O5S. The first-order valence-corrected chi connectivity index (χ1v) is 6.83. The molecule has 0 spiro atoms. The van der Waals surface area contributed by atoms with Crippen LogP contribution in [-0.4, -0.2) is 67.8 Å². The van der Waals surface area contributed by atoms with Crippen LogP contribution in [0.25, 0.3) is 0 Å². The first kappa shape index (κ1) is 16.1. The first-order chi connectivity index (χ1) is 9.91. The highest BCUT2D eigenvalue weighted by Gasteiger charge is 2.52. The minimum absolute atomic E-state index is 0.128. The van der Waals surface area contributed by atoms with Crippen molar-refractivity contribution in [2.45, 2.75) is 24.0 Å². The molecule has 1 aromatic rings. The van der Waals surface area contributed by atoms with Gasteiger partial charge in [0.2, 0.25) is 0 Å². The molecule has 6 N–H and O–H groups in total. The van der Waals surface area contributed by atoms with Gasteiger partial charge in [-0.1, -0.05) is 18.2 Å². The molecule has 1 saturated heterocycles. The summed E-state index contributed by atoms with van der Waals surface area (Å²) in [6, 6.07) is 8.64. The van der Waals surface area contributed by atoms with Gasteiger partial charge in [0.1, 0.15) is 18.3 Å². The number of β-amino-alcohol motifs (C(OH)–C–C–N with tert-alkyl or cyclic N) is 1. The Bertz CT molecular complexity index is 503. The second-order valence-corrected chi connectivity index (χ2v) is 5.28. The zero-order valence-electron chi connectivity index (χ0n) is 11.1. The molecule has 0 aliphatic carbocycles. The van der Waals surface area contributed by atoms with Gasteiger partial charge < -0.3 is 30.8 Å². The van der Waals surface area contributed by atoms with Crippen LogP contribution in [0.1, 0.15) is 0 Å². The van der Waals surface area contributed by atoms with Crippen LogP contribution < -0.4 is 10.2 Å². The van der Waals surface area contributed by atoms with Crippen LogP contribution in [0.5, 0.6) is 0 Å². The molecule has 1 aromatic carbocycles. The van der Waals surface area contributed by atoms with Gasteiger partial charge in [-0.15, -0.1) is 0 Å². The van der Waals surface area contributed by atoms with Crippen molar-refractivity contribution >= 4 is 23.0 Å². The van der Waals surface area contributed by atoms with Crippen LogP contribution >= 0.6 is 12.2 Å². The van der Waals surface area contributed by atoms with E-state index in [0.29, 0.717) is 5.69 Å². The number of benzene rings is 1. The maximum Gasteiger partial charge on any atom is 0.190 e. The number of aliphatic hydroxyl groups is 5. The molecule has 1 unspecified atom stereocenters. The number of hydrogen-bond donors (Lipinski definition) is 6. The van der Waals surface area contributed by atoms with Crippen LogP contribution in [0.15, 0.2) is 30.3 Å². The van der Waals surface area contributed by atoms with Gasteiger partial charge in [0.25, 0.3) is 0 Å². The molecule has 4 atom stereocenters. The Morgan fingerprint density at radius 3 is 2.43 bits per heavy atom. The van der Waals surface area contributed by atoms with Crippen LogP contribution in [0.2, 0.25) is 0 Å². The normalized spacial score (nSPS) is 26.3. The van der Waals surface area contributed by atoms with E-state index >= 15 is 0 Å². The van der Waals surface area contributed by atoms with Gasteiger partial charge in [0.05, 0.1) is 13.2 Å². The highest BCUT2D eigenvalue weighted by molar-refractivity contribution is 7.80. The highest BCUT2D eigenvalue weighted by Crippen LogP contribution is 2.30. The third kappa shape index (κ3) is 2.86. The Kier molecular flexibility index (Phi) is 4.77. The average molecular weight is 314 g/mol. The summed E-state index contributed by atoms with van der Waals surface area (Å²) in [5.41, 5.74) is -1.41.